The summed E-state index contributed by atoms with van der Waals surface area (Å²) < 4.78 is 1.11. The Kier molecular flexibility index (Phi) is 5.84. The standard InChI is InChI=1S/C18H19BrN2O.ClH/c19-15-9-5-4-8-14(15)18(10-11-18)12-21-17(22)16(20)13-6-2-1-3-7-13;/h1-9,16H,10-12,20H2,(H,21,22);1H. The first-order valence-corrected chi connectivity index (χ1v) is 8.25. The van der Waals surface area contributed by atoms with Crippen LogP contribution in [0, 0.1) is 0 Å². The molecule has 1 saturated carbocycles. The first kappa shape index (κ1) is 18.0. The fourth-order valence-electron chi connectivity index (χ4n) is 2.76. The van der Waals surface area contributed by atoms with Crippen molar-refractivity contribution < 1.29 is 4.79 Å². The first-order chi connectivity index (χ1) is 10.6. The molecule has 0 aromatic heterocycles. The summed E-state index contributed by atoms with van der Waals surface area (Å²) >= 11 is 3.61. The highest BCUT2D eigenvalue weighted by atomic mass is 79.9. The molecule has 23 heavy (non-hydrogen) atoms. The van der Waals surface area contributed by atoms with Crippen LogP contribution in [0.3, 0.4) is 0 Å². The smallest absolute Gasteiger partial charge is 0.241 e. The molecule has 1 aliphatic rings. The van der Waals surface area contributed by atoms with Gasteiger partial charge in [0.15, 0.2) is 0 Å². The molecule has 1 atom stereocenters. The molecule has 2 aromatic rings. The molecule has 3 nitrogen and oxygen atoms in total. The van der Waals surface area contributed by atoms with Crippen molar-refractivity contribution in [1.29, 1.82) is 0 Å². The van der Waals surface area contributed by atoms with Gasteiger partial charge < -0.3 is 11.1 Å². The summed E-state index contributed by atoms with van der Waals surface area (Å²) in [5, 5.41) is 3.02. The summed E-state index contributed by atoms with van der Waals surface area (Å²) in [5.41, 5.74) is 8.20. The number of hydrogen-bond donors (Lipinski definition) is 2. The van der Waals surface area contributed by atoms with Gasteiger partial charge in [-0.05, 0) is 30.0 Å². The number of nitrogens with one attached hydrogen (secondary N) is 1. The number of carbonyl (C=O) groups is 1. The average Bonchev–Trinajstić information content (AvgIpc) is 3.34. The van der Waals surface area contributed by atoms with E-state index in [-0.39, 0.29) is 23.7 Å². The Morgan fingerprint density at radius 1 is 1.13 bits per heavy atom. The van der Waals surface area contributed by atoms with Gasteiger partial charge in [0.2, 0.25) is 5.91 Å². The van der Waals surface area contributed by atoms with E-state index in [0.717, 1.165) is 22.9 Å². The van der Waals surface area contributed by atoms with Crippen LogP contribution in [0.5, 0.6) is 0 Å². The van der Waals surface area contributed by atoms with E-state index in [4.69, 9.17) is 5.73 Å². The van der Waals surface area contributed by atoms with Gasteiger partial charge in [-0.25, -0.2) is 0 Å². The zero-order chi connectivity index (χ0) is 15.6. The van der Waals surface area contributed by atoms with E-state index in [1.165, 1.54) is 5.56 Å². The van der Waals surface area contributed by atoms with Crippen LogP contribution in [0.25, 0.3) is 0 Å². The molecule has 0 heterocycles. The lowest BCUT2D eigenvalue weighted by molar-refractivity contribution is -0.122. The molecule has 1 amide bonds. The Balaban J connectivity index is 0.00000192. The number of carbonyl (C=O) groups excluding carboxylic acids is 1. The third-order valence-corrected chi connectivity index (χ3v) is 5.03. The first-order valence-electron chi connectivity index (χ1n) is 7.46. The fraction of sp³-hybridized carbons (Fsp3) is 0.278. The fourth-order valence-corrected chi connectivity index (χ4v) is 3.47. The summed E-state index contributed by atoms with van der Waals surface area (Å²) in [4.78, 5) is 12.3. The largest absolute Gasteiger partial charge is 0.354 e. The lowest BCUT2D eigenvalue weighted by atomic mass is 9.95. The molecular formula is C18H20BrClN2O. The number of halogens is 2. The van der Waals surface area contributed by atoms with E-state index in [0.29, 0.717) is 6.54 Å². The maximum atomic E-state index is 12.3. The Bertz CT molecular complexity index is 674. The van der Waals surface area contributed by atoms with Crippen LogP contribution in [0.1, 0.15) is 30.0 Å². The van der Waals surface area contributed by atoms with Crippen LogP contribution in [-0.4, -0.2) is 12.5 Å². The maximum Gasteiger partial charge on any atom is 0.241 e. The van der Waals surface area contributed by atoms with Crippen LogP contribution in [-0.2, 0) is 10.2 Å². The van der Waals surface area contributed by atoms with Crippen LogP contribution in [0.2, 0.25) is 0 Å². The summed E-state index contributed by atoms with van der Waals surface area (Å²) in [6.07, 6.45) is 2.19. The molecule has 0 bridgehead atoms. The minimum atomic E-state index is -0.615. The van der Waals surface area contributed by atoms with E-state index >= 15 is 0 Å². The highest BCUT2D eigenvalue weighted by Gasteiger charge is 2.45. The van der Waals surface area contributed by atoms with E-state index in [1.807, 2.05) is 48.5 Å². The molecule has 5 heteroatoms. The predicted octanol–water partition coefficient (Wildman–Crippen LogP) is 3.72. The van der Waals surface area contributed by atoms with Crippen molar-refractivity contribution in [2.45, 2.75) is 24.3 Å². The second-order valence-corrected chi connectivity index (χ2v) is 6.72. The highest BCUT2D eigenvalue weighted by molar-refractivity contribution is 9.10. The number of hydrogen-bond acceptors (Lipinski definition) is 2. The lowest BCUT2D eigenvalue weighted by Crippen LogP contribution is -2.38. The van der Waals surface area contributed by atoms with Crippen LogP contribution in [0.15, 0.2) is 59.1 Å². The van der Waals surface area contributed by atoms with Gasteiger partial charge in [-0.3, -0.25) is 4.79 Å². The van der Waals surface area contributed by atoms with Crippen molar-refractivity contribution in [2.24, 2.45) is 5.73 Å². The van der Waals surface area contributed by atoms with Crippen LogP contribution >= 0.6 is 28.3 Å². The van der Waals surface area contributed by atoms with E-state index in [2.05, 4.69) is 27.3 Å². The van der Waals surface area contributed by atoms with E-state index in [1.54, 1.807) is 0 Å². The summed E-state index contributed by atoms with van der Waals surface area (Å²) in [6, 6.07) is 17.1. The van der Waals surface area contributed by atoms with Crippen LogP contribution < -0.4 is 11.1 Å². The average molecular weight is 396 g/mol. The minimum absolute atomic E-state index is 0. The monoisotopic (exact) mass is 394 g/mol. The zero-order valence-electron chi connectivity index (χ0n) is 12.7. The zero-order valence-corrected chi connectivity index (χ0v) is 15.1. The van der Waals surface area contributed by atoms with Crippen molar-refractivity contribution in [1.82, 2.24) is 5.32 Å². The van der Waals surface area contributed by atoms with Gasteiger partial charge in [0.05, 0.1) is 0 Å². The van der Waals surface area contributed by atoms with E-state index < -0.39 is 6.04 Å². The molecular weight excluding hydrogens is 376 g/mol. The number of rotatable bonds is 5. The van der Waals surface area contributed by atoms with Crippen molar-refractivity contribution >= 4 is 34.2 Å². The van der Waals surface area contributed by atoms with Gasteiger partial charge in [0.1, 0.15) is 6.04 Å². The van der Waals surface area contributed by atoms with E-state index in [9.17, 15) is 4.79 Å². The number of benzene rings is 2. The minimum Gasteiger partial charge on any atom is -0.354 e. The van der Waals surface area contributed by atoms with Crippen molar-refractivity contribution in [2.75, 3.05) is 6.54 Å². The van der Waals surface area contributed by atoms with Crippen molar-refractivity contribution in [3.63, 3.8) is 0 Å². The Labute approximate surface area is 151 Å². The van der Waals surface area contributed by atoms with Gasteiger partial charge in [0.25, 0.3) is 0 Å². The molecule has 2 aromatic carbocycles. The molecule has 0 radical (unpaired) electrons. The Morgan fingerprint density at radius 2 is 1.74 bits per heavy atom. The summed E-state index contributed by atoms with van der Waals surface area (Å²) in [7, 11) is 0. The maximum absolute atomic E-state index is 12.3. The molecule has 0 saturated heterocycles. The van der Waals surface area contributed by atoms with Gasteiger partial charge >= 0.3 is 0 Å². The molecule has 1 unspecified atom stereocenters. The number of amides is 1. The molecule has 3 rings (SSSR count). The van der Waals surface area contributed by atoms with Crippen molar-refractivity contribution in [3.05, 3.63) is 70.2 Å². The van der Waals surface area contributed by atoms with Gasteiger partial charge in [-0.15, -0.1) is 12.4 Å². The second-order valence-electron chi connectivity index (χ2n) is 5.87. The summed E-state index contributed by atoms with van der Waals surface area (Å²) in [6.45, 7) is 0.634. The molecule has 0 aliphatic heterocycles. The molecule has 1 aliphatic carbocycles. The summed E-state index contributed by atoms with van der Waals surface area (Å²) in [5.74, 6) is -0.121. The van der Waals surface area contributed by atoms with Gasteiger partial charge in [-0.2, -0.15) is 0 Å². The SMILES string of the molecule is Cl.NC(C(=O)NCC1(c2ccccc2Br)CC1)c1ccccc1. The molecule has 0 spiro atoms. The number of nitrogens with two attached hydrogens (primary N) is 1. The molecule has 3 N–H and O–H groups in total. The lowest BCUT2D eigenvalue weighted by Gasteiger charge is -2.20. The van der Waals surface area contributed by atoms with Gasteiger partial charge in [-0.1, -0.05) is 64.5 Å². The quantitative estimate of drug-likeness (QED) is 0.810. The topological polar surface area (TPSA) is 55.1 Å². The predicted molar refractivity (Wildman–Crippen MR) is 98.7 cm³/mol. The van der Waals surface area contributed by atoms with Crippen LogP contribution in [0.4, 0.5) is 0 Å². The Hall–Kier alpha value is -1.36. The molecule has 122 valence electrons. The highest BCUT2D eigenvalue weighted by Crippen LogP contribution is 2.49. The molecule has 1 fully saturated rings. The Morgan fingerprint density at radius 3 is 2.35 bits per heavy atom. The third-order valence-electron chi connectivity index (χ3n) is 4.34. The van der Waals surface area contributed by atoms with Crippen molar-refractivity contribution in [3.8, 4) is 0 Å². The van der Waals surface area contributed by atoms with Gasteiger partial charge in [0, 0.05) is 16.4 Å². The third kappa shape index (κ3) is 3.94. The second kappa shape index (κ2) is 7.47. The normalized spacial score (nSPS) is 16.1.